The lowest BCUT2D eigenvalue weighted by atomic mass is 9.92. The van der Waals surface area contributed by atoms with Gasteiger partial charge in [-0.05, 0) is 24.1 Å². The number of amides is 1. The quantitative estimate of drug-likeness (QED) is 0.936. The Bertz CT molecular complexity index is 611. The molecule has 0 saturated heterocycles. The molecule has 2 aromatic heterocycles. The highest BCUT2D eigenvalue weighted by atomic mass is 16.2. The van der Waals surface area contributed by atoms with E-state index in [1.54, 1.807) is 17.9 Å². The lowest BCUT2D eigenvalue weighted by molar-refractivity contribution is 0.0944. The highest BCUT2D eigenvalue weighted by molar-refractivity contribution is 5.92. The monoisotopic (exact) mass is 286 g/mol. The van der Waals surface area contributed by atoms with E-state index in [0.29, 0.717) is 12.2 Å². The number of nitrogens with zero attached hydrogens (tertiary/aromatic N) is 3. The summed E-state index contributed by atoms with van der Waals surface area (Å²) in [4.78, 5) is 16.3. The Labute approximate surface area is 125 Å². The second-order valence-electron chi connectivity index (χ2n) is 6.16. The molecule has 112 valence electrons. The molecule has 0 fully saturated rings. The van der Waals surface area contributed by atoms with Crippen molar-refractivity contribution in [2.24, 2.45) is 7.05 Å². The van der Waals surface area contributed by atoms with E-state index in [0.717, 1.165) is 17.7 Å². The number of carbonyl (C=O) groups excluding carboxylic acids is 1. The molecule has 5 heteroatoms. The maximum Gasteiger partial charge on any atom is 0.269 e. The van der Waals surface area contributed by atoms with Crippen LogP contribution in [0.15, 0.2) is 30.6 Å². The van der Waals surface area contributed by atoms with Gasteiger partial charge in [-0.25, -0.2) is 0 Å². The summed E-state index contributed by atoms with van der Waals surface area (Å²) in [5, 5.41) is 7.34. The van der Waals surface area contributed by atoms with Crippen molar-refractivity contribution in [1.29, 1.82) is 0 Å². The van der Waals surface area contributed by atoms with Crippen LogP contribution in [0.2, 0.25) is 0 Å². The van der Waals surface area contributed by atoms with E-state index in [1.807, 2.05) is 24.4 Å². The van der Waals surface area contributed by atoms with Crippen molar-refractivity contribution >= 4 is 5.91 Å². The van der Waals surface area contributed by atoms with Crippen molar-refractivity contribution < 1.29 is 4.79 Å². The molecule has 0 aliphatic rings. The molecule has 0 radical (unpaired) electrons. The average Bonchev–Trinajstić information content (AvgIpc) is 2.82. The highest BCUT2D eigenvalue weighted by Crippen LogP contribution is 2.21. The maximum absolute atomic E-state index is 12.2. The maximum atomic E-state index is 12.2. The van der Waals surface area contributed by atoms with Gasteiger partial charge in [0, 0.05) is 31.4 Å². The zero-order valence-corrected chi connectivity index (χ0v) is 13.1. The van der Waals surface area contributed by atoms with Crippen LogP contribution in [0.4, 0.5) is 0 Å². The Kier molecular flexibility index (Phi) is 4.40. The van der Waals surface area contributed by atoms with E-state index in [9.17, 15) is 4.79 Å². The van der Waals surface area contributed by atoms with Crippen LogP contribution < -0.4 is 5.32 Å². The normalized spacial score (nSPS) is 11.4. The summed E-state index contributed by atoms with van der Waals surface area (Å²) in [5.41, 5.74) is 2.55. The van der Waals surface area contributed by atoms with E-state index in [1.165, 1.54) is 0 Å². The minimum Gasteiger partial charge on any atom is -0.350 e. The fourth-order valence-corrected chi connectivity index (χ4v) is 2.00. The molecule has 2 heterocycles. The molecule has 0 aromatic carbocycles. The predicted octanol–water partition coefficient (Wildman–Crippen LogP) is 2.09. The Balaban J connectivity index is 1.96. The summed E-state index contributed by atoms with van der Waals surface area (Å²) in [6.07, 6.45) is 4.32. The first-order valence-electron chi connectivity index (χ1n) is 7.09. The van der Waals surface area contributed by atoms with Gasteiger partial charge in [0.1, 0.15) is 5.69 Å². The van der Waals surface area contributed by atoms with Gasteiger partial charge in [-0.15, -0.1) is 0 Å². The van der Waals surface area contributed by atoms with Crippen LogP contribution in [-0.4, -0.2) is 27.2 Å². The first-order chi connectivity index (χ1) is 9.88. The molecule has 5 nitrogen and oxygen atoms in total. The number of hydrogen-bond acceptors (Lipinski definition) is 3. The smallest absolute Gasteiger partial charge is 0.269 e. The third-order valence-corrected chi connectivity index (χ3v) is 3.30. The van der Waals surface area contributed by atoms with Crippen molar-refractivity contribution in [3.8, 4) is 0 Å². The van der Waals surface area contributed by atoms with Crippen LogP contribution in [0.25, 0.3) is 0 Å². The molecular weight excluding hydrogens is 264 g/mol. The number of aryl methyl sites for hydroxylation is 1. The topological polar surface area (TPSA) is 59.8 Å². The van der Waals surface area contributed by atoms with Gasteiger partial charge in [0.2, 0.25) is 0 Å². The summed E-state index contributed by atoms with van der Waals surface area (Å²) in [6.45, 7) is 6.83. The van der Waals surface area contributed by atoms with E-state index < -0.39 is 0 Å². The second kappa shape index (κ2) is 6.08. The number of carbonyl (C=O) groups is 1. The molecule has 0 aliphatic heterocycles. The van der Waals surface area contributed by atoms with E-state index >= 15 is 0 Å². The Morgan fingerprint density at radius 3 is 2.71 bits per heavy atom. The van der Waals surface area contributed by atoms with Crippen molar-refractivity contribution in [2.45, 2.75) is 32.6 Å². The zero-order chi connectivity index (χ0) is 15.5. The zero-order valence-electron chi connectivity index (χ0n) is 13.1. The molecule has 1 amide bonds. The summed E-state index contributed by atoms with van der Waals surface area (Å²) < 4.78 is 1.64. The first-order valence-corrected chi connectivity index (χ1v) is 7.09. The van der Waals surface area contributed by atoms with E-state index in [4.69, 9.17) is 0 Å². The first kappa shape index (κ1) is 15.2. The molecule has 0 bridgehead atoms. The molecule has 1 N–H and O–H groups in total. The lowest BCUT2D eigenvalue weighted by Gasteiger charge is -2.13. The van der Waals surface area contributed by atoms with Crippen molar-refractivity contribution in [1.82, 2.24) is 20.1 Å². The van der Waals surface area contributed by atoms with Gasteiger partial charge in [-0.3, -0.25) is 14.5 Å². The number of aromatic nitrogens is 3. The molecule has 2 aromatic rings. The fraction of sp³-hybridized carbons (Fsp3) is 0.438. The predicted molar refractivity (Wildman–Crippen MR) is 82.2 cm³/mol. The van der Waals surface area contributed by atoms with Gasteiger partial charge in [-0.2, -0.15) is 5.10 Å². The largest absolute Gasteiger partial charge is 0.350 e. The number of rotatable bonds is 4. The standard InChI is InChI=1S/C16H22N4O/c1-16(2,3)14-10-13(20(4)19-14)15(21)18-9-7-12-6-5-8-17-11-12/h5-6,8,10-11H,7,9H2,1-4H3,(H,18,21). The molecular formula is C16H22N4O. The molecule has 2 rings (SSSR count). The summed E-state index contributed by atoms with van der Waals surface area (Å²) in [6, 6.07) is 5.76. The SMILES string of the molecule is Cn1nc(C(C)(C)C)cc1C(=O)NCCc1cccnc1. The molecule has 21 heavy (non-hydrogen) atoms. The van der Waals surface area contributed by atoms with E-state index in [-0.39, 0.29) is 11.3 Å². The fourth-order valence-electron chi connectivity index (χ4n) is 2.00. The Morgan fingerprint density at radius 2 is 2.14 bits per heavy atom. The minimum atomic E-state index is -0.0932. The number of nitrogens with one attached hydrogen (secondary N) is 1. The van der Waals surface area contributed by atoms with Gasteiger partial charge in [-0.1, -0.05) is 26.8 Å². The highest BCUT2D eigenvalue weighted by Gasteiger charge is 2.21. The van der Waals surface area contributed by atoms with Gasteiger partial charge in [0.05, 0.1) is 5.69 Å². The van der Waals surface area contributed by atoms with Gasteiger partial charge in [0.25, 0.3) is 5.91 Å². The second-order valence-corrected chi connectivity index (χ2v) is 6.16. The number of hydrogen-bond donors (Lipinski definition) is 1. The molecule has 0 aliphatic carbocycles. The third kappa shape index (κ3) is 3.90. The number of pyridine rings is 1. The third-order valence-electron chi connectivity index (χ3n) is 3.30. The van der Waals surface area contributed by atoms with Gasteiger partial charge >= 0.3 is 0 Å². The Hall–Kier alpha value is -2.17. The summed E-state index contributed by atoms with van der Waals surface area (Å²) in [7, 11) is 1.80. The van der Waals surface area contributed by atoms with Gasteiger partial charge < -0.3 is 5.32 Å². The van der Waals surface area contributed by atoms with Crippen molar-refractivity contribution in [3.63, 3.8) is 0 Å². The van der Waals surface area contributed by atoms with Crippen LogP contribution in [-0.2, 0) is 18.9 Å². The molecule has 0 unspecified atom stereocenters. The Morgan fingerprint density at radius 1 is 1.38 bits per heavy atom. The van der Waals surface area contributed by atoms with Crippen molar-refractivity contribution in [2.75, 3.05) is 6.54 Å². The van der Waals surface area contributed by atoms with Crippen LogP contribution in [0, 0.1) is 0 Å². The average molecular weight is 286 g/mol. The van der Waals surface area contributed by atoms with Crippen LogP contribution in [0.1, 0.15) is 42.5 Å². The summed E-state index contributed by atoms with van der Waals surface area (Å²) in [5.74, 6) is -0.0932. The minimum absolute atomic E-state index is 0.0635. The molecule has 0 saturated carbocycles. The van der Waals surface area contributed by atoms with Crippen LogP contribution in [0.5, 0.6) is 0 Å². The van der Waals surface area contributed by atoms with Crippen LogP contribution >= 0.6 is 0 Å². The molecule has 0 spiro atoms. The van der Waals surface area contributed by atoms with Crippen LogP contribution in [0.3, 0.4) is 0 Å². The summed E-state index contributed by atoms with van der Waals surface area (Å²) >= 11 is 0. The lowest BCUT2D eigenvalue weighted by Crippen LogP contribution is -2.27. The molecule has 0 atom stereocenters. The van der Waals surface area contributed by atoms with E-state index in [2.05, 4.69) is 36.2 Å². The van der Waals surface area contributed by atoms with Gasteiger partial charge in [0.15, 0.2) is 0 Å². The van der Waals surface area contributed by atoms with Crippen molar-refractivity contribution in [3.05, 3.63) is 47.5 Å².